The highest BCUT2D eigenvalue weighted by atomic mass is 16.5. The molecule has 20 heavy (non-hydrogen) atoms. The van der Waals surface area contributed by atoms with Gasteiger partial charge in [0.1, 0.15) is 6.04 Å². The third-order valence-corrected chi connectivity index (χ3v) is 5.44. The largest absolute Gasteiger partial charge is 0.480 e. The normalized spacial score (nSPS) is 34.4. The van der Waals surface area contributed by atoms with E-state index in [2.05, 4.69) is 4.90 Å². The van der Waals surface area contributed by atoms with Gasteiger partial charge < -0.3 is 9.84 Å². The van der Waals surface area contributed by atoms with E-state index >= 15 is 0 Å². The Morgan fingerprint density at radius 2 is 1.90 bits per heavy atom. The highest BCUT2D eigenvalue weighted by Gasteiger charge is 2.42. The Hall–Kier alpha value is -0.610. The van der Waals surface area contributed by atoms with Crippen LogP contribution in [0, 0.1) is 0 Å². The topological polar surface area (TPSA) is 49.8 Å². The summed E-state index contributed by atoms with van der Waals surface area (Å²) in [5, 5.41) is 9.34. The fourth-order valence-corrected chi connectivity index (χ4v) is 4.34. The van der Waals surface area contributed by atoms with E-state index in [1.165, 1.54) is 38.5 Å². The molecule has 2 unspecified atom stereocenters. The summed E-state index contributed by atoms with van der Waals surface area (Å²) in [4.78, 5) is 13.5. The Morgan fingerprint density at radius 1 is 1.10 bits per heavy atom. The summed E-state index contributed by atoms with van der Waals surface area (Å²) in [5.74, 6) is -0.657. The first kappa shape index (κ1) is 14.3. The lowest BCUT2D eigenvalue weighted by Gasteiger charge is -2.36. The molecule has 3 fully saturated rings. The molecule has 1 N–H and O–H groups in total. The highest BCUT2D eigenvalue weighted by Crippen LogP contribution is 2.42. The van der Waals surface area contributed by atoms with Gasteiger partial charge in [-0.3, -0.25) is 9.69 Å². The van der Waals surface area contributed by atoms with Crippen LogP contribution >= 0.6 is 0 Å². The van der Waals surface area contributed by atoms with Crippen LogP contribution < -0.4 is 0 Å². The number of aliphatic carboxylic acids is 1. The number of piperidine rings is 1. The predicted octanol–water partition coefficient (Wildman–Crippen LogP) is 2.81. The number of carboxylic acid groups (broad SMARTS) is 1. The van der Waals surface area contributed by atoms with Crippen LogP contribution in [-0.2, 0) is 9.53 Å². The Kier molecular flexibility index (Phi) is 4.32. The lowest BCUT2D eigenvalue weighted by Crippen LogP contribution is -2.48. The molecular weight excluding hydrogens is 254 g/mol. The Morgan fingerprint density at radius 3 is 2.65 bits per heavy atom. The van der Waals surface area contributed by atoms with E-state index in [-0.39, 0.29) is 17.7 Å². The number of ether oxygens (including phenoxy) is 1. The summed E-state index contributed by atoms with van der Waals surface area (Å²) >= 11 is 0. The van der Waals surface area contributed by atoms with Crippen molar-refractivity contribution in [1.82, 2.24) is 4.90 Å². The lowest BCUT2D eigenvalue weighted by molar-refractivity contribution is -0.146. The molecule has 1 saturated carbocycles. The van der Waals surface area contributed by atoms with Crippen molar-refractivity contribution < 1.29 is 14.6 Å². The van der Waals surface area contributed by atoms with Gasteiger partial charge in [-0.05, 0) is 45.1 Å². The van der Waals surface area contributed by atoms with Crippen molar-refractivity contribution in [2.75, 3.05) is 13.1 Å². The Bertz CT molecular complexity index is 352. The SMILES string of the molecule is O=C(O)C1CCCCN1CC1CCC2(CCCCC2)O1. The molecule has 0 aromatic rings. The number of likely N-dealkylation sites (tertiary alicyclic amines) is 1. The molecule has 2 saturated heterocycles. The maximum absolute atomic E-state index is 11.4. The third kappa shape index (κ3) is 3.01. The second kappa shape index (κ2) is 6.02. The van der Waals surface area contributed by atoms with E-state index in [9.17, 15) is 9.90 Å². The maximum atomic E-state index is 11.4. The number of hydrogen-bond acceptors (Lipinski definition) is 3. The first-order chi connectivity index (χ1) is 9.69. The molecule has 4 nitrogen and oxygen atoms in total. The Balaban J connectivity index is 1.56. The minimum absolute atomic E-state index is 0.150. The lowest BCUT2D eigenvalue weighted by atomic mass is 9.83. The smallest absolute Gasteiger partial charge is 0.320 e. The van der Waals surface area contributed by atoms with Crippen LogP contribution in [0.2, 0.25) is 0 Å². The zero-order valence-corrected chi connectivity index (χ0v) is 12.4. The summed E-state index contributed by atoms with van der Waals surface area (Å²) in [7, 11) is 0. The first-order valence-electron chi connectivity index (χ1n) is 8.33. The summed E-state index contributed by atoms with van der Waals surface area (Å²) in [6, 6.07) is -0.282. The van der Waals surface area contributed by atoms with E-state index in [1.54, 1.807) is 0 Å². The minimum atomic E-state index is -0.657. The number of nitrogens with zero attached hydrogens (tertiary/aromatic N) is 1. The van der Waals surface area contributed by atoms with Gasteiger partial charge >= 0.3 is 5.97 Å². The predicted molar refractivity (Wildman–Crippen MR) is 76.8 cm³/mol. The van der Waals surface area contributed by atoms with Crippen molar-refractivity contribution in [2.24, 2.45) is 0 Å². The van der Waals surface area contributed by atoms with E-state index in [1.807, 2.05) is 0 Å². The molecule has 0 aromatic heterocycles. The van der Waals surface area contributed by atoms with Crippen molar-refractivity contribution in [1.29, 1.82) is 0 Å². The standard InChI is InChI=1S/C16H27NO3/c18-15(19)14-6-2-5-11-17(14)12-13-7-10-16(20-13)8-3-1-4-9-16/h13-14H,1-12H2,(H,18,19). The van der Waals surface area contributed by atoms with Crippen molar-refractivity contribution in [2.45, 2.75) is 82.0 Å². The fraction of sp³-hybridized carbons (Fsp3) is 0.938. The van der Waals surface area contributed by atoms with Gasteiger partial charge in [0.15, 0.2) is 0 Å². The van der Waals surface area contributed by atoms with E-state index in [0.717, 1.165) is 38.8 Å². The van der Waals surface area contributed by atoms with Crippen molar-refractivity contribution in [3.05, 3.63) is 0 Å². The third-order valence-electron chi connectivity index (χ3n) is 5.44. The molecule has 3 rings (SSSR count). The zero-order chi connectivity index (χ0) is 14.0. The molecule has 1 spiro atoms. The number of carboxylic acids is 1. The van der Waals surface area contributed by atoms with Gasteiger partial charge in [-0.25, -0.2) is 0 Å². The highest BCUT2D eigenvalue weighted by molar-refractivity contribution is 5.73. The van der Waals surface area contributed by atoms with Crippen LogP contribution in [-0.4, -0.2) is 46.8 Å². The number of rotatable bonds is 3. The molecule has 2 atom stereocenters. The van der Waals surface area contributed by atoms with Gasteiger partial charge in [0.2, 0.25) is 0 Å². The molecule has 4 heteroatoms. The van der Waals surface area contributed by atoms with Gasteiger partial charge in [0.05, 0.1) is 11.7 Å². The van der Waals surface area contributed by atoms with E-state index < -0.39 is 5.97 Å². The minimum Gasteiger partial charge on any atom is -0.480 e. The molecule has 3 aliphatic rings. The van der Waals surface area contributed by atoms with Crippen LogP contribution in [0.15, 0.2) is 0 Å². The zero-order valence-electron chi connectivity index (χ0n) is 12.4. The summed E-state index contributed by atoms with van der Waals surface area (Å²) in [6.45, 7) is 1.74. The maximum Gasteiger partial charge on any atom is 0.320 e. The summed E-state index contributed by atoms with van der Waals surface area (Å²) in [6.07, 6.45) is 11.9. The average molecular weight is 281 g/mol. The second-order valence-corrected chi connectivity index (χ2v) is 6.87. The summed E-state index contributed by atoms with van der Waals surface area (Å²) in [5.41, 5.74) is 0.150. The molecule has 0 bridgehead atoms. The van der Waals surface area contributed by atoms with Crippen molar-refractivity contribution >= 4 is 5.97 Å². The molecule has 0 amide bonds. The molecular formula is C16H27NO3. The van der Waals surface area contributed by atoms with E-state index in [4.69, 9.17) is 4.74 Å². The van der Waals surface area contributed by atoms with Crippen LogP contribution in [0.5, 0.6) is 0 Å². The van der Waals surface area contributed by atoms with Crippen molar-refractivity contribution in [3.63, 3.8) is 0 Å². The van der Waals surface area contributed by atoms with Crippen molar-refractivity contribution in [3.8, 4) is 0 Å². The molecule has 2 aliphatic heterocycles. The molecule has 1 aliphatic carbocycles. The molecule has 114 valence electrons. The molecule has 0 radical (unpaired) electrons. The number of hydrogen-bond donors (Lipinski definition) is 1. The van der Waals surface area contributed by atoms with Crippen LogP contribution in [0.4, 0.5) is 0 Å². The number of carbonyl (C=O) groups is 1. The fourth-order valence-electron chi connectivity index (χ4n) is 4.34. The van der Waals surface area contributed by atoms with Crippen LogP contribution in [0.25, 0.3) is 0 Å². The first-order valence-corrected chi connectivity index (χ1v) is 8.33. The Labute approximate surface area is 121 Å². The van der Waals surface area contributed by atoms with Gasteiger partial charge in [-0.2, -0.15) is 0 Å². The molecule has 2 heterocycles. The summed E-state index contributed by atoms with van der Waals surface area (Å²) < 4.78 is 6.39. The second-order valence-electron chi connectivity index (χ2n) is 6.87. The van der Waals surface area contributed by atoms with Crippen LogP contribution in [0.1, 0.15) is 64.2 Å². The molecule has 0 aromatic carbocycles. The van der Waals surface area contributed by atoms with Gasteiger partial charge in [-0.15, -0.1) is 0 Å². The van der Waals surface area contributed by atoms with Gasteiger partial charge in [0.25, 0.3) is 0 Å². The van der Waals surface area contributed by atoms with Gasteiger partial charge in [-0.1, -0.05) is 25.7 Å². The van der Waals surface area contributed by atoms with E-state index in [0.29, 0.717) is 0 Å². The quantitative estimate of drug-likeness (QED) is 0.864. The average Bonchev–Trinajstić information content (AvgIpc) is 2.82. The monoisotopic (exact) mass is 281 g/mol. The van der Waals surface area contributed by atoms with Crippen LogP contribution in [0.3, 0.4) is 0 Å². The van der Waals surface area contributed by atoms with Gasteiger partial charge in [0, 0.05) is 6.54 Å².